The Morgan fingerprint density at radius 1 is 1.46 bits per heavy atom. The standard InChI is InChI=1S/C17H19N3O5S/c1-2-25-17(22)12-9-19(10-3-4-10)13-8-15(26-6-5-18)14(20(23)24)7-11(13)16(12)21/h7-10H,2-6,18H2,1H3. The molecule has 1 aromatic heterocycles. The second-order valence-electron chi connectivity index (χ2n) is 5.96. The minimum absolute atomic E-state index is 0.0945. The lowest BCUT2D eigenvalue weighted by Crippen LogP contribution is -2.21. The summed E-state index contributed by atoms with van der Waals surface area (Å²) in [5, 5.41) is 11.6. The molecule has 1 aliphatic rings. The van der Waals surface area contributed by atoms with E-state index in [1.807, 2.05) is 4.57 Å². The van der Waals surface area contributed by atoms with E-state index in [4.69, 9.17) is 10.5 Å². The molecule has 0 amide bonds. The molecule has 0 aliphatic heterocycles. The Hall–Kier alpha value is -2.39. The van der Waals surface area contributed by atoms with Crippen molar-refractivity contribution in [2.75, 3.05) is 18.9 Å². The molecule has 8 nitrogen and oxygen atoms in total. The van der Waals surface area contributed by atoms with Gasteiger partial charge in [0.05, 0.1) is 27.3 Å². The number of carbonyl (C=O) groups excluding carboxylic acids is 1. The van der Waals surface area contributed by atoms with Gasteiger partial charge in [0.15, 0.2) is 0 Å². The van der Waals surface area contributed by atoms with Gasteiger partial charge in [0.1, 0.15) is 5.56 Å². The number of aromatic nitrogens is 1. The lowest BCUT2D eigenvalue weighted by molar-refractivity contribution is -0.387. The molecule has 0 bridgehead atoms. The van der Waals surface area contributed by atoms with E-state index in [0.717, 1.165) is 12.8 Å². The highest BCUT2D eigenvalue weighted by atomic mass is 32.2. The molecule has 0 atom stereocenters. The maximum Gasteiger partial charge on any atom is 0.343 e. The Morgan fingerprint density at radius 3 is 2.77 bits per heavy atom. The Morgan fingerprint density at radius 2 is 2.19 bits per heavy atom. The summed E-state index contributed by atoms with van der Waals surface area (Å²) in [6.45, 7) is 2.19. The third-order valence-corrected chi connectivity index (χ3v) is 5.20. The second-order valence-corrected chi connectivity index (χ2v) is 7.10. The third kappa shape index (κ3) is 3.45. The molecule has 138 valence electrons. The molecule has 26 heavy (non-hydrogen) atoms. The molecule has 0 radical (unpaired) electrons. The number of benzene rings is 1. The van der Waals surface area contributed by atoms with Gasteiger partial charge in [-0.1, -0.05) is 0 Å². The number of fused-ring (bicyclic) bond motifs is 1. The molecule has 3 rings (SSSR count). The van der Waals surface area contributed by atoms with Crippen LogP contribution in [0.3, 0.4) is 0 Å². The van der Waals surface area contributed by atoms with Crippen LogP contribution in [0.25, 0.3) is 10.9 Å². The number of carbonyl (C=O) groups is 1. The highest BCUT2D eigenvalue weighted by Gasteiger charge is 2.29. The molecular weight excluding hydrogens is 358 g/mol. The predicted octanol–water partition coefficient (Wildman–Crippen LogP) is 2.47. The molecule has 0 saturated heterocycles. The van der Waals surface area contributed by atoms with Gasteiger partial charge in [0, 0.05) is 30.6 Å². The van der Waals surface area contributed by atoms with E-state index >= 15 is 0 Å². The minimum atomic E-state index is -0.710. The van der Waals surface area contributed by atoms with Gasteiger partial charge in [-0.2, -0.15) is 0 Å². The summed E-state index contributed by atoms with van der Waals surface area (Å²) in [5.41, 5.74) is 5.31. The lowest BCUT2D eigenvalue weighted by atomic mass is 10.1. The van der Waals surface area contributed by atoms with Crippen molar-refractivity contribution in [2.24, 2.45) is 5.73 Å². The minimum Gasteiger partial charge on any atom is -0.462 e. The topological polar surface area (TPSA) is 117 Å². The third-order valence-electron chi connectivity index (χ3n) is 4.12. The Balaban J connectivity index is 2.27. The Bertz CT molecular complexity index is 936. The predicted molar refractivity (Wildman–Crippen MR) is 98.9 cm³/mol. The van der Waals surface area contributed by atoms with Gasteiger partial charge < -0.3 is 15.0 Å². The van der Waals surface area contributed by atoms with Crippen LogP contribution in [-0.2, 0) is 4.74 Å². The van der Waals surface area contributed by atoms with Gasteiger partial charge in [-0.05, 0) is 25.8 Å². The van der Waals surface area contributed by atoms with E-state index in [-0.39, 0.29) is 29.3 Å². The molecular formula is C17H19N3O5S. The number of rotatable bonds is 7. The number of hydrogen-bond acceptors (Lipinski definition) is 7. The molecule has 2 N–H and O–H groups in total. The Kier molecular flexibility index (Phi) is 5.28. The highest BCUT2D eigenvalue weighted by molar-refractivity contribution is 7.99. The lowest BCUT2D eigenvalue weighted by Gasteiger charge is -2.14. The fraction of sp³-hybridized carbons (Fsp3) is 0.412. The van der Waals surface area contributed by atoms with E-state index in [9.17, 15) is 19.7 Å². The number of nitro groups is 1. The summed E-state index contributed by atoms with van der Waals surface area (Å²) in [6, 6.07) is 3.10. The van der Waals surface area contributed by atoms with E-state index < -0.39 is 16.3 Å². The van der Waals surface area contributed by atoms with Crippen molar-refractivity contribution in [3.8, 4) is 0 Å². The molecule has 1 heterocycles. The maximum atomic E-state index is 12.8. The van der Waals surface area contributed by atoms with Crippen LogP contribution in [0.15, 0.2) is 28.0 Å². The number of pyridine rings is 1. The van der Waals surface area contributed by atoms with E-state index in [1.54, 1.807) is 13.0 Å². The number of nitrogens with zero attached hydrogens (tertiary/aromatic N) is 2. The molecule has 1 saturated carbocycles. The Labute approximate surface area is 153 Å². The fourth-order valence-electron chi connectivity index (χ4n) is 2.80. The van der Waals surface area contributed by atoms with Crippen LogP contribution in [0.2, 0.25) is 0 Å². The molecule has 2 aromatic rings. The van der Waals surface area contributed by atoms with E-state index in [0.29, 0.717) is 22.7 Å². The van der Waals surface area contributed by atoms with Crippen LogP contribution >= 0.6 is 11.8 Å². The quantitative estimate of drug-likeness (QED) is 0.341. The second kappa shape index (κ2) is 7.46. The number of nitro benzene ring substituents is 1. The van der Waals surface area contributed by atoms with Gasteiger partial charge in [-0.3, -0.25) is 14.9 Å². The largest absolute Gasteiger partial charge is 0.462 e. The van der Waals surface area contributed by atoms with Crippen molar-refractivity contribution in [3.05, 3.63) is 44.2 Å². The smallest absolute Gasteiger partial charge is 0.343 e. The van der Waals surface area contributed by atoms with Crippen molar-refractivity contribution < 1.29 is 14.5 Å². The van der Waals surface area contributed by atoms with Gasteiger partial charge in [0.2, 0.25) is 5.43 Å². The SMILES string of the molecule is CCOC(=O)c1cn(C2CC2)c2cc(SCCN)c([N+](=O)[O-])cc2c1=O. The van der Waals surface area contributed by atoms with Crippen LogP contribution in [0.5, 0.6) is 0 Å². The summed E-state index contributed by atoms with van der Waals surface area (Å²) < 4.78 is 6.82. The van der Waals surface area contributed by atoms with Crippen LogP contribution < -0.4 is 11.2 Å². The first kappa shape index (κ1) is 18.4. The zero-order chi connectivity index (χ0) is 18.8. The monoisotopic (exact) mass is 377 g/mol. The van der Waals surface area contributed by atoms with Crippen LogP contribution in [0.4, 0.5) is 5.69 Å². The number of thioether (sulfide) groups is 1. The zero-order valence-electron chi connectivity index (χ0n) is 14.3. The first-order chi connectivity index (χ1) is 12.5. The summed E-state index contributed by atoms with van der Waals surface area (Å²) >= 11 is 1.28. The number of ether oxygens (including phenoxy) is 1. The normalized spacial score (nSPS) is 13.8. The molecule has 9 heteroatoms. The first-order valence-corrected chi connectivity index (χ1v) is 9.33. The van der Waals surface area contributed by atoms with E-state index in [2.05, 4.69) is 0 Å². The zero-order valence-corrected chi connectivity index (χ0v) is 15.1. The number of esters is 1. The van der Waals surface area contributed by atoms with E-state index in [1.165, 1.54) is 24.0 Å². The summed E-state index contributed by atoms with van der Waals surface area (Å²) in [5.74, 6) is -0.181. The van der Waals surface area contributed by atoms with Crippen molar-refractivity contribution in [3.63, 3.8) is 0 Å². The molecule has 0 unspecified atom stereocenters. The molecule has 1 aromatic carbocycles. The van der Waals surface area contributed by atoms with Crippen molar-refractivity contribution in [1.29, 1.82) is 0 Å². The van der Waals surface area contributed by atoms with Crippen LogP contribution in [-0.4, -0.2) is 34.4 Å². The van der Waals surface area contributed by atoms with Crippen LogP contribution in [0.1, 0.15) is 36.2 Å². The average molecular weight is 377 g/mol. The van der Waals surface area contributed by atoms with Crippen LogP contribution in [0, 0.1) is 10.1 Å². The number of hydrogen-bond donors (Lipinski definition) is 1. The average Bonchev–Trinajstić information content (AvgIpc) is 3.44. The van der Waals surface area contributed by atoms with Crippen molar-refractivity contribution in [2.45, 2.75) is 30.7 Å². The van der Waals surface area contributed by atoms with Gasteiger partial charge in [-0.25, -0.2) is 4.79 Å². The molecule has 1 aliphatic carbocycles. The maximum absolute atomic E-state index is 12.8. The molecule has 1 fully saturated rings. The first-order valence-electron chi connectivity index (χ1n) is 8.35. The van der Waals surface area contributed by atoms with Gasteiger partial charge >= 0.3 is 5.97 Å². The van der Waals surface area contributed by atoms with Crippen molar-refractivity contribution >= 4 is 34.3 Å². The fourth-order valence-corrected chi connectivity index (χ4v) is 3.62. The van der Waals surface area contributed by atoms with Crippen molar-refractivity contribution in [1.82, 2.24) is 4.57 Å². The summed E-state index contributed by atoms with van der Waals surface area (Å²) in [6.07, 6.45) is 3.38. The number of nitrogens with two attached hydrogens (primary N) is 1. The molecule has 0 spiro atoms. The summed E-state index contributed by atoms with van der Waals surface area (Å²) in [4.78, 5) is 36.3. The highest BCUT2D eigenvalue weighted by Crippen LogP contribution is 2.39. The van der Waals surface area contributed by atoms with Gasteiger partial charge in [-0.15, -0.1) is 11.8 Å². The summed E-state index contributed by atoms with van der Waals surface area (Å²) in [7, 11) is 0. The van der Waals surface area contributed by atoms with Gasteiger partial charge in [0.25, 0.3) is 5.69 Å².